The highest BCUT2D eigenvalue weighted by Gasteiger charge is 2.20. The molecule has 0 spiro atoms. The highest BCUT2D eigenvalue weighted by Crippen LogP contribution is 2.12. The van der Waals surface area contributed by atoms with Crippen LogP contribution in [-0.2, 0) is 30.2 Å². The van der Waals surface area contributed by atoms with Crippen molar-refractivity contribution < 1.29 is 13.5 Å². The molecule has 0 bridgehead atoms. The number of nitrogens with one attached hydrogen (secondary N) is 2. The Morgan fingerprint density at radius 2 is 2.21 bits per heavy atom. The van der Waals surface area contributed by atoms with E-state index in [1.165, 1.54) is 6.20 Å². The molecule has 0 aliphatic heterocycles. The molecule has 0 saturated heterocycles. The molecule has 2 aromatic rings. The van der Waals surface area contributed by atoms with Crippen LogP contribution in [0.4, 0.5) is 0 Å². The van der Waals surface area contributed by atoms with Crippen LogP contribution < -0.4 is 4.72 Å². The number of aromatic amines is 1. The van der Waals surface area contributed by atoms with E-state index in [4.69, 9.17) is 5.11 Å². The lowest BCUT2D eigenvalue weighted by Crippen LogP contribution is -2.24. The maximum atomic E-state index is 12.0. The lowest BCUT2D eigenvalue weighted by Gasteiger charge is -2.05. The van der Waals surface area contributed by atoms with Crippen molar-refractivity contribution in [1.82, 2.24) is 24.7 Å². The molecule has 8 nitrogen and oxygen atoms in total. The first-order valence-electron chi connectivity index (χ1n) is 5.56. The summed E-state index contributed by atoms with van der Waals surface area (Å²) in [6, 6.07) is 0. The molecule has 0 saturated carbocycles. The molecule has 19 heavy (non-hydrogen) atoms. The zero-order valence-corrected chi connectivity index (χ0v) is 11.4. The molecule has 0 amide bonds. The number of hydrogen-bond acceptors (Lipinski definition) is 5. The molecule has 0 atom stereocenters. The van der Waals surface area contributed by atoms with Crippen molar-refractivity contribution in [3.8, 4) is 0 Å². The molecule has 3 N–H and O–H groups in total. The lowest BCUT2D eigenvalue weighted by molar-refractivity contribution is 0.278. The van der Waals surface area contributed by atoms with Crippen LogP contribution in [0.15, 0.2) is 17.4 Å². The van der Waals surface area contributed by atoms with Gasteiger partial charge in [0.25, 0.3) is 10.0 Å². The van der Waals surface area contributed by atoms with Crippen LogP contribution in [-0.4, -0.2) is 33.5 Å². The molecule has 0 aromatic carbocycles. The number of aliphatic hydroxyl groups excluding tert-OH is 1. The third-order valence-corrected chi connectivity index (χ3v) is 4.10. The topological polar surface area (TPSA) is 113 Å². The molecule has 0 aliphatic rings. The van der Waals surface area contributed by atoms with Gasteiger partial charge in [0, 0.05) is 30.9 Å². The number of sulfonamides is 1. The predicted octanol–water partition coefficient (Wildman–Crippen LogP) is -0.578. The number of nitrogens with zero attached hydrogens (tertiary/aromatic N) is 3. The maximum Gasteiger partial charge on any atom is 0.258 e. The Hall–Kier alpha value is -1.71. The van der Waals surface area contributed by atoms with E-state index in [0.29, 0.717) is 0 Å². The second-order valence-electron chi connectivity index (χ2n) is 4.12. The zero-order valence-electron chi connectivity index (χ0n) is 10.6. The van der Waals surface area contributed by atoms with Gasteiger partial charge in [0.2, 0.25) is 0 Å². The van der Waals surface area contributed by atoms with Crippen molar-refractivity contribution in [2.45, 2.75) is 25.1 Å². The summed E-state index contributed by atoms with van der Waals surface area (Å²) in [6.45, 7) is 1.55. The fraction of sp³-hybridized carbons (Fsp3) is 0.400. The summed E-state index contributed by atoms with van der Waals surface area (Å²) in [5, 5.41) is 19.0. The summed E-state index contributed by atoms with van der Waals surface area (Å²) >= 11 is 0. The van der Waals surface area contributed by atoms with Gasteiger partial charge in [-0.05, 0) is 6.92 Å². The van der Waals surface area contributed by atoms with Gasteiger partial charge in [0.15, 0.2) is 5.03 Å². The van der Waals surface area contributed by atoms with Crippen molar-refractivity contribution in [1.29, 1.82) is 0 Å². The summed E-state index contributed by atoms with van der Waals surface area (Å²) in [7, 11) is -1.96. The summed E-state index contributed by atoms with van der Waals surface area (Å²) in [6.07, 6.45) is 3.03. The van der Waals surface area contributed by atoms with Crippen LogP contribution in [0.25, 0.3) is 0 Å². The van der Waals surface area contributed by atoms with Gasteiger partial charge in [0.05, 0.1) is 18.5 Å². The highest BCUT2D eigenvalue weighted by atomic mass is 32.2. The first-order valence-corrected chi connectivity index (χ1v) is 7.04. The third-order valence-electron chi connectivity index (χ3n) is 2.68. The monoisotopic (exact) mass is 285 g/mol. The zero-order chi connectivity index (χ0) is 14.0. The Bertz CT molecular complexity index is 673. The van der Waals surface area contributed by atoms with Gasteiger partial charge >= 0.3 is 0 Å². The van der Waals surface area contributed by atoms with Crippen molar-refractivity contribution in [2.24, 2.45) is 7.05 Å². The van der Waals surface area contributed by atoms with Gasteiger partial charge in [-0.2, -0.15) is 10.2 Å². The van der Waals surface area contributed by atoms with Crippen LogP contribution in [0.1, 0.15) is 16.8 Å². The molecule has 0 aliphatic carbocycles. The first kappa shape index (κ1) is 13.7. The fourth-order valence-corrected chi connectivity index (χ4v) is 2.84. The molecule has 0 fully saturated rings. The second-order valence-corrected chi connectivity index (χ2v) is 5.82. The molecule has 2 aromatic heterocycles. The van der Waals surface area contributed by atoms with E-state index in [-0.39, 0.29) is 17.1 Å². The Morgan fingerprint density at radius 1 is 1.47 bits per heavy atom. The molecule has 104 valence electrons. The minimum absolute atomic E-state index is 0.114. The van der Waals surface area contributed by atoms with Crippen LogP contribution in [0.5, 0.6) is 0 Å². The predicted molar refractivity (Wildman–Crippen MR) is 66.5 cm³/mol. The minimum atomic E-state index is -3.73. The number of aryl methyl sites for hydroxylation is 2. The Labute approximate surface area is 110 Å². The molecular weight excluding hydrogens is 270 g/mol. The van der Waals surface area contributed by atoms with Crippen molar-refractivity contribution in [3.05, 3.63) is 29.2 Å². The van der Waals surface area contributed by atoms with Gasteiger partial charge in [-0.15, -0.1) is 0 Å². The molecule has 0 radical (unpaired) electrons. The van der Waals surface area contributed by atoms with E-state index in [9.17, 15) is 8.42 Å². The Morgan fingerprint density at radius 3 is 2.79 bits per heavy atom. The van der Waals surface area contributed by atoms with Gasteiger partial charge in [0.1, 0.15) is 0 Å². The Kier molecular flexibility index (Phi) is 3.69. The van der Waals surface area contributed by atoms with E-state index < -0.39 is 16.6 Å². The normalized spacial score (nSPS) is 11.9. The molecular formula is C10H15N5O3S. The molecule has 2 rings (SSSR count). The summed E-state index contributed by atoms with van der Waals surface area (Å²) in [5.41, 5.74) is 1.78. The molecule has 0 unspecified atom stereocenters. The summed E-state index contributed by atoms with van der Waals surface area (Å²) < 4.78 is 28.1. The van der Waals surface area contributed by atoms with Crippen molar-refractivity contribution in [2.75, 3.05) is 0 Å². The van der Waals surface area contributed by atoms with E-state index in [1.807, 2.05) is 0 Å². The maximum absolute atomic E-state index is 12.0. The second kappa shape index (κ2) is 5.11. The highest BCUT2D eigenvalue weighted by molar-refractivity contribution is 7.89. The third kappa shape index (κ3) is 2.83. The fourth-order valence-electron chi connectivity index (χ4n) is 1.71. The van der Waals surface area contributed by atoms with Crippen LogP contribution >= 0.6 is 0 Å². The molecule has 9 heteroatoms. The lowest BCUT2D eigenvalue weighted by atomic mass is 10.3. The van der Waals surface area contributed by atoms with E-state index >= 15 is 0 Å². The first-order chi connectivity index (χ1) is 8.94. The average molecular weight is 285 g/mol. The van der Waals surface area contributed by atoms with Gasteiger partial charge < -0.3 is 5.11 Å². The smallest absolute Gasteiger partial charge is 0.258 e. The van der Waals surface area contributed by atoms with Gasteiger partial charge in [-0.1, -0.05) is 0 Å². The molecule has 2 heterocycles. The number of hydrogen-bond donors (Lipinski definition) is 3. The van der Waals surface area contributed by atoms with Crippen molar-refractivity contribution >= 4 is 10.0 Å². The number of aliphatic hydroxyl groups is 1. The van der Waals surface area contributed by atoms with Crippen LogP contribution in [0, 0.1) is 6.92 Å². The van der Waals surface area contributed by atoms with E-state index in [1.54, 1.807) is 24.9 Å². The number of rotatable bonds is 5. The summed E-state index contributed by atoms with van der Waals surface area (Å²) in [5.74, 6) is 0. The average Bonchev–Trinajstić information content (AvgIpc) is 2.93. The summed E-state index contributed by atoms with van der Waals surface area (Å²) in [4.78, 5) is 0. The minimum Gasteiger partial charge on any atom is -0.392 e. The number of H-pyrrole nitrogens is 1. The van der Waals surface area contributed by atoms with E-state index in [0.717, 1.165) is 11.3 Å². The SMILES string of the molecule is Cc1nn(C)cc1CNS(=O)(=O)c1[nH]ncc1CO. The van der Waals surface area contributed by atoms with Gasteiger partial charge in [-0.25, -0.2) is 13.1 Å². The van der Waals surface area contributed by atoms with E-state index in [2.05, 4.69) is 20.0 Å². The van der Waals surface area contributed by atoms with Crippen LogP contribution in [0.3, 0.4) is 0 Å². The standard InChI is InChI=1S/C10H15N5O3S/c1-7-8(5-15(2)14-7)4-12-19(17,18)10-9(6-16)3-11-13-10/h3,5,12,16H,4,6H2,1-2H3,(H,11,13). The van der Waals surface area contributed by atoms with Crippen molar-refractivity contribution in [3.63, 3.8) is 0 Å². The largest absolute Gasteiger partial charge is 0.392 e. The quantitative estimate of drug-likeness (QED) is 0.680. The van der Waals surface area contributed by atoms with Gasteiger partial charge in [-0.3, -0.25) is 9.78 Å². The van der Waals surface area contributed by atoms with Crippen LogP contribution in [0.2, 0.25) is 0 Å². The Balaban J connectivity index is 2.17. The number of aromatic nitrogens is 4.